The van der Waals surface area contributed by atoms with Crippen molar-refractivity contribution in [3.05, 3.63) is 34.9 Å². The highest BCUT2D eigenvalue weighted by atomic mass is 79.9. The van der Waals surface area contributed by atoms with Crippen LogP contribution >= 0.6 is 15.9 Å². The number of para-hydroxylation sites is 1. The third-order valence-corrected chi connectivity index (χ3v) is 3.97. The number of nitrogens with zero attached hydrogens (tertiary/aromatic N) is 2. The molecule has 0 bridgehead atoms. The van der Waals surface area contributed by atoms with E-state index in [4.69, 9.17) is 4.74 Å². The van der Waals surface area contributed by atoms with Crippen LogP contribution in [0.2, 0.25) is 0 Å². The van der Waals surface area contributed by atoms with Crippen LogP contribution in [0.15, 0.2) is 34.9 Å². The normalized spacial score (nSPS) is 20.2. The molecule has 0 radical (unpaired) electrons. The second-order valence-corrected chi connectivity index (χ2v) is 6.08. The Labute approximate surface area is 127 Å². The molecule has 4 nitrogen and oxygen atoms in total. The predicted molar refractivity (Wildman–Crippen MR) is 85.2 cm³/mol. The Morgan fingerprint density at radius 1 is 1.50 bits per heavy atom. The fraction of sp³-hybridized carbons (Fsp3) is 0.400. The highest BCUT2D eigenvalue weighted by Crippen LogP contribution is 2.24. The van der Waals surface area contributed by atoms with E-state index < -0.39 is 0 Å². The quantitative estimate of drug-likeness (QED) is 0.935. The number of rotatable bonds is 3. The van der Waals surface area contributed by atoms with Crippen LogP contribution in [0.5, 0.6) is 0 Å². The number of pyridine rings is 1. The molecule has 3 rings (SSSR count). The largest absolute Gasteiger partial charge is 0.381 e. The lowest BCUT2D eigenvalue weighted by molar-refractivity contribution is -0.0117. The highest BCUT2D eigenvalue weighted by Gasteiger charge is 2.17. The molecule has 1 saturated heterocycles. The number of benzene rings is 1. The number of fused-ring (bicyclic) bond motifs is 1. The molecule has 1 fully saturated rings. The Morgan fingerprint density at radius 3 is 3.25 bits per heavy atom. The molecule has 2 aromatic rings. The average Bonchev–Trinajstić information content (AvgIpc) is 2.44. The minimum absolute atomic E-state index is 0.236. The maximum absolute atomic E-state index is 5.77. The molecular formula is C15H18BrN3O. The van der Waals surface area contributed by atoms with Gasteiger partial charge in [-0.3, -0.25) is 4.98 Å². The van der Waals surface area contributed by atoms with E-state index in [9.17, 15) is 0 Å². The fourth-order valence-electron chi connectivity index (χ4n) is 2.49. The average molecular weight is 336 g/mol. The summed E-state index contributed by atoms with van der Waals surface area (Å²) in [7, 11) is 2.13. The zero-order chi connectivity index (χ0) is 13.9. The van der Waals surface area contributed by atoms with E-state index in [-0.39, 0.29) is 6.10 Å². The molecule has 0 saturated carbocycles. The first-order valence-electron chi connectivity index (χ1n) is 6.80. The van der Waals surface area contributed by atoms with Gasteiger partial charge in [-0.05, 0) is 35.1 Å². The number of hydrogen-bond donors (Lipinski definition) is 1. The maximum Gasteiger partial charge on any atom is 0.0934 e. The van der Waals surface area contributed by atoms with Gasteiger partial charge in [0.1, 0.15) is 0 Å². The van der Waals surface area contributed by atoms with Crippen molar-refractivity contribution in [3.63, 3.8) is 0 Å². The topological polar surface area (TPSA) is 37.4 Å². The SMILES string of the molecule is CN1CCOC(CNc2cccc3cc(Br)cnc23)C1. The number of aromatic nitrogens is 1. The lowest BCUT2D eigenvalue weighted by atomic mass is 10.2. The zero-order valence-corrected chi connectivity index (χ0v) is 13.1. The number of hydrogen-bond acceptors (Lipinski definition) is 4. The van der Waals surface area contributed by atoms with Crippen molar-refractivity contribution in [2.45, 2.75) is 6.10 Å². The molecule has 106 valence electrons. The summed E-state index contributed by atoms with van der Waals surface area (Å²) >= 11 is 3.46. The molecule has 5 heteroatoms. The van der Waals surface area contributed by atoms with Crippen molar-refractivity contribution >= 4 is 32.5 Å². The van der Waals surface area contributed by atoms with Crippen molar-refractivity contribution in [2.75, 3.05) is 38.6 Å². The number of anilines is 1. The summed E-state index contributed by atoms with van der Waals surface area (Å²) in [5.74, 6) is 0. The second-order valence-electron chi connectivity index (χ2n) is 5.17. The Kier molecular flexibility index (Phi) is 4.19. The van der Waals surface area contributed by atoms with E-state index in [1.807, 2.05) is 12.3 Å². The number of ether oxygens (including phenoxy) is 1. The zero-order valence-electron chi connectivity index (χ0n) is 11.5. The van der Waals surface area contributed by atoms with Crippen molar-refractivity contribution < 1.29 is 4.74 Å². The summed E-state index contributed by atoms with van der Waals surface area (Å²) in [6.45, 7) is 3.60. The minimum atomic E-state index is 0.236. The van der Waals surface area contributed by atoms with Gasteiger partial charge in [-0.2, -0.15) is 0 Å². The summed E-state index contributed by atoms with van der Waals surface area (Å²) in [5, 5.41) is 4.60. The molecule has 1 unspecified atom stereocenters. The first-order chi connectivity index (χ1) is 9.72. The van der Waals surface area contributed by atoms with E-state index in [2.05, 4.69) is 56.4 Å². The van der Waals surface area contributed by atoms with E-state index in [0.29, 0.717) is 0 Å². The molecule has 2 heterocycles. The molecule has 1 aliphatic rings. The Morgan fingerprint density at radius 2 is 2.40 bits per heavy atom. The smallest absolute Gasteiger partial charge is 0.0934 e. The van der Waals surface area contributed by atoms with Crippen LogP contribution in [0.1, 0.15) is 0 Å². The fourth-order valence-corrected chi connectivity index (χ4v) is 2.84. The summed E-state index contributed by atoms with van der Waals surface area (Å²) in [6, 6.07) is 8.27. The van der Waals surface area contributed by atoms with Gasteiger partial charge in [-0.15, -0.1) is 0 Å². The summed E-state index contributed by atoms with van der Waals surface area (Å²) in [5.41, 5.74) is 2.06. The third-order valence-electron chi connectivity index (χ3n) is 3.54. The van der Waals surface area contributed by atoms with E-state index in [1.54, 1.807) is 0 Å². The second kappa shape index (κ2) is 6.08. The summed E-state index contributed by atoms with van der Waals surface area (Å²) in [4.78, 5) is 6.80. The van der Waals surface area contributed by atoms with Crippen LogP contribution in [-0.2, 0) is 4.74 Å². The Hall–Kier alpha value is -1.17. The van der Waals surface area contributed by atoms with E-state index in [1.165, 1.54) is 0 Å². The molecule has 1 aromatic heterocycles. The van der Waals surface area contributed by atoms with Gasteiger partial charge in [0.25, 0.3) is 0 Å². The number of likely N-dealkylation sites (N-methyl/N-ethyl adjacent to an activating group) is 1. The van der Waals surface area contributed by atoms with Gasteiger partial charge in [-0.1, -0.05) is 12.1 Å². The van der Waals surface area contributed by atoms with Gasteiger partial charge >= 0.3 is 0 Å². The summed E-state index contributed by atoms with van der Waals surface area (Å²) in [6.07, 6.45) is 2.07. The van der Waals surface area contributed by atoms with Gasteiger partial charge in [0, 0.05) is 35.7 Å². The molecule has 0 aliphatic carbocycles. The minimum Gasteiger partial charge on any atom is -0.381 e. The number of halogens is 1. The van der Waals surface area contributed by atoms with Gasteiger partial charge in [0.15, 0.2) is 0 Å². The molecular weight excluding hydrogens is 318 g/mol. The first-order valence-corrected chi connectivity index (χ1v) is 7.60. The van der Waals surface area contributed by atoms with Gasteiger partial charge < -0.3 is 15.0 Å². The van der Waals surface area contributed by atoms with Gasteiger partial charge in [-0.25, -0.2) is 0 Å². The standard InChI is InChI=1S/C15H18BrN3O/c1-19-5-6-20-13(10-19)9-17-14-4-2-3-11-7-12(16)8-18-15(11)14/h2-4,7-8,13,17H,5-6,9-10H2,1H3. The van der Waals surface area contributed by atoms with Crippen LogP contribution in [0.4, 0.5) is 5.69 Å². The van der Waals surface area contributed by atoms with E-state index >= 15 is 0 Å². The van der Waals surface area contributed by atoms with Crippen molar-refractivity contribution in [3.8, 4) is 0 Å². The first kappa shape index (κ1) is 13.8. The molecule has 20 heavy (non-hydrogen) atoms. The van der Waals surface area contributed by atoms with Crippen LogP contribution in [0.3, 0.4) is 0 Å². The maximum atomic E-state index is 5.77. The Bertz CT molecular complexity index is 605. The van der Waals surface area contributed by atoms with E-state index in [0.717, 1.165) is 47.3 Å². The summed E-state index contributed by atoms with van der Waals surface area (Å²) < 4.78 is 6.77. The van der Waals surface area contributed by atoms with Crippen molar-refractivity contribution in [2.24, 2.45) is 0 Å². The van der Waals surface area contributed by atoms with Gasteiger partial charge in [0.05, 0.1) is 23.9 Å². The molecule has 0 amide bonds. The number of morpholine rings is 1. The molecule has 1 atom stereocenters. The molecule has 1 N–H and O–H groups in total. The molecule has 0 spiro atoms. The highest BCUT2D eigenvalue weighted by molar-refractivity contribution is 9.10. The predicted octanol–water partition coefficient (Wildman–Crippen LogP) is 2.74. The lowest BCUT2D eigenvalue weighted by Gasteiger charge is -2.30. The Balaban J connectivity index is 1.74. The van der Waals surface area contributed by atoms with Crippen LogP contribution in [0, 0.1) is 0 Å². The third kappa shape index (κ3) is 3.11. The lowest BCUT2D eigenvalue weighted by Crippen LogP contribution is -2.43. The van der Waals surface area contributed by atoms with Crippen LogP contribution in [-0.4, -0.2) is 49.3 Å². The van der Waals surface area contributed by atoms with Crippen LogP contribution < -0.4 is 5.32 Å². The number of nitrogens with one attached hydrogen (secondary N) is 1. The van der Waals surface area contributed by atoms with Gasteiger partial charge in [0.2, 0.25) is 0 Å². The molecule has 1 aromatic carbocycles. The van der Waals surface area contributed by atoms with Crippen molar-refractivity contribution in [1.29, 1.82) is 0 Å². The van der Waals surface area contributed by atoms with Crippen LogP contribution in [0.25, 0.3) is 10.9 Å². The van der Waals surface area contributed by atoms with Crippen molar-refractivity contribution in [1.82, 2.24) is 9.88 Å². The molecule has 1 aliphatic heterocycles. The monoisotopic (exact) mass is 335 g/mol.